The maximum absolute atomic E-state index is 13.7. The Morgan fingerprint density at radius 2 is 2.15 bits per heavy atom. The molecule has 0 bridgehead atoms. The summed E-state index contributed by atoms with van der Waals surface area (Å²) in [6.07, 6.45) is 0.171. The van der Waals surface area contributed by atoms with E-state index in [4.69, 9.17) is 9.88 Å². The number of hydrogen-bond acceptors (Lipinski definition) is 4. The molecule has 6 nitrogen and oxygen atoms in total. The normalized spacial score (nSPS) is 13.0. The summed E-state index contributed by atoms with van der Waals surface area (Å²) in [5.41, 5.74) is -0.0907. The van der Waals surface area contributed by atoms with E-state index in [9.17, 15) is 17.6 Å². The summed E-state index contributed by atoms with van der Waals surface area (Å²) in [7, 11) is -2.44. The monoisotopic (exact) mass is 304 g/mol. The Balaban J connectivity index is 2.77. The van der Waals surface area contributed by atoms with Gasteiger partial charge in [-0.15, -0.1) is 0 Å². The number of carbonyl (C=O) groups is 1. The lowest BCUT2D eigenvalue weighted by Gasteiger charge is -2.11. The molecule has 0 aromatic heterocycles. The summed E-state index contributed by atoms with van der Waals surface area (Å²) in [6, 6.07) is 3.06. The highest BCUT2D eigenvalue weighted by molar-refractivity contribution is 7.89. The summed E-state index contributed by atoms with van der Waals surface area (Å²) in [5.74, 6) is -1.24. The summed E-state index contributed by atoms with van der Waals surface area (Å²) in [4.78, 5) is 11.3. The fourth-order valence-electron chi connectivity index (χ4n) is 1.64. The standard InChI is InChI=1S/C12H17FN2O4S/c1-8(7-19-2)5-12(16)15-11-4-3-9(6-10(11)13)20(14,17)18/h3-4,6,8H,5,7H2,1-2H3,(H,15,16)(H2,14,17,18). The van der Waals surface area contributed by atoms with Gasteiger partial charge in [0.2, 0.25) is 15.9 Å². The highest BCUT2D eigenvalue weighted by Crippen LogP contribution is 2.18. The van der Waals surface area contributed by atoms with Crippen LogP contribution in [0.1, 0.15) is 13.3 Å². The largest absolute Gasteiger partial charge is 0.384 e. The highest BCUT2D eigenvalue weighted by Gasteiger charge is 2.14. The van der Waals surface area contributed by atoms with Gasteiger partial charge in [0.05, 0.1) is 10.6 Å². The van der Waals surface area contributed by atoms with Crippen LogP contribution in [0.3, 0.4) is 0 Å². The molecule has 0 radical (unpaired) electrons. The first-order chi connectivity index (χ1) is 9.24. The summed E-state index contributed by atoms with van der Waals surface area (Å²) in [5, 5.41) is 7.25. The van der Waals surface area contributed by atoms with Crippen molar-refractivity contribution < 1.29 is 22.3 Å². The molecule has 0 spiro atoms. The minimum atomic E-state index is -3.97. The zero-order chi connectivity index (χ0) is 15.3. The lowest BCUT2D eigenvalue weighted by atomic mass is 10.1. The highest BCUT2D eigenvalue weighted by atomic mass is 32.2. The van der Waals surface area contributed by atoms with Crippen molar-refractivity contribution in [1.82, 2.24) is 0 Å². The molecular formula is C12H17FN2O4S. The van der Waals surface area contributed by atoms with Crippen LogP contribution in [-0.2, 0) is 19.6 Å². The Kier molecular flexibility index (Phi) is 5.61. The number of nitrogens with one attached hydrogen (secondary N) is 1. The topological polar surface area (TPSA) is 98.5 Å². The minimum Gasteiger partial charge on any atom is -0.384 e. The number of ether oxygens (including phenoxy) is 1. The molecule has 8 heteroatoms. The fourth-order valence-corrected chi connectivity index (χ4v) is 2.16. The van der Waals surface area contributed by atoms with Crippen molar-refractivity contribution in [3.8, 4) is 0 Å². The predicted molar refractivity (Wildman–Crippen MR) is 72.1 cm³/mol. The van der Waals surface area contributed by atoms with Crippen LogP contribution in [0, 0.1) is 11.7 Å². The molecule has 0 fully saturated rings. The van der Waals surface area contributed by atoms with Gasteiger partial charge < -0.3 is 10.1 Å². The van der Waals surface area contributed by atoms with Crippen LogP contribution < -0.4 is 10.5 Å². The second-order valence-electron chi connectivity index (χ2n) is 4.50. The smallest absolute Gasteiger partial charge is 0.238 e. The zero-order valence-electron chi connectivity index (χ0n) is 11.2. The number of rotatable bonds is 6. The summed E-state index contributed by atoms with van der Waals surface area (Å²) >= 11 is 0. The second kappa shape index (κ2) is 6.78. The number of methoxy groups -OCH3 is 1. The molecular weight excluding hydrogens is 287 g/mol. The van der Waals surface area contributed by atoms with E-state index in [1.54, 1.807) is 0 Å². The number of amides is 1. The molecule has 0 saturated carbocycles. The van der Waals surface area contributed by atoms with Crippen LogP contribution in [0.5, 0.6) is 0 Å². The maximum atomic E-state index is 13.7. The van der Waals surface area contributed by atoms with E-state index in [1.807, 2.05) is 6.92 Å². The van der Waals surface area contributed by atoms with E-state index >= 15 is 0 Å². The van der Waals surface area contributed by atoms with Gasteiger partial charge >= 0.3 is 0 Å². The van der Waals surface area contributed by atoms with E-state index < -0.39 is 15.8 Å². The number of primary sulfonamides is 1. The Morgan fingerprint density at radius 1 is 1.50 bits per heavy atom. The van der Waals surface area contributed by atoms with Gasteiger partial charge in [-0.05, 0) is 24.1 Å². The van der Waals surface area contributed by atoms with Gasteiger partial charge in [0, 0.05) is 20.1 Å². The van der Waals surface area contributed by atoms with Crippen molar-refractivity contribution in [3.63, 3.8) is 0 Å². The Hall–Kier alpha value is -1.51. The van der Waals surface area contributed by atoms with Crippen molar-refractivity contribution in [2.24, 2.45) is 11.1 Å². The second-order valence-corrected chi connectivity index (χ2v) is 6.06. The predicted octanol–water partition coefficient (Wildman–Crippen LogP) is 1.08. The van der Waals surface area contributed by atoms with Crippen LogP contribution in [0.15, 0.2) is 23.1 Å². The molecule has 0 saturated heterocycles. The van der Waals surface area contributed by atoms with Crippen molar-refractivity contribution >= 4 is 21.6 Å². The number of nitrogens with two attached hydrogens (primary N) is 1. The van der Waals surface area contributed by atoms with Crippen LogP contribution in [0.25, 0.3) is 0 Å². The van der Waals surface area contributed by atoms with Crippen molar-refractivity contribution in [3.05, 3.63) is 24.0 Å². The van der Waals surface area contributed by atoms with E-state index in [1.165, 1.54) is 7.11 Å². The lowest BCUT2D eigenvalue weighted by molar-refractivity contribution is -0.117. The van der Waals surface area contributed by atoms with Gasteiger partial charge in [0.1, 0.15) is 5.82 Å². The molecule has 1 amide bonds. The van der Waals surface area contributed by atoms with E-state index in [0.29, 0.717) is 6.61 Å². The first-order valence-electron chi connectivity index (χ1n) is 5.85. The first-order valence-corrected chi connectivity index (χ1v) is 7.39. The van der Waals surface area contributed by atoms with Gasteiger partial charge in [-0.3, -0.25) is 4.79 Å². The number of benzene rings is 1. The minimum absolute atomic E-state index is 0.00764. The third-order valence-electron chi connectivity index (χ3n) is 2.53. The maximum Gasteiger partial charge on any atom is 0.238 e. The van der Waals surface area contributed by atoms with Crippen LogP contribution >= 0.6 is 0 Å². The van der Waals surface area contributed by atoms with Crippen molar-refractivity contribution in [1.29, 1.82) is 0 Å². The molecule has 1 aromatic carbocycles. The SMILES string of the molecule is COCC(C)CC(=O)Nc1ccc(S(N)(=O)=O)cc1F. The van der Waals surface area contributed by atoms with E-state index in [-0.39, 0.29) is 28.8 Å². The third kappa shape index (κ3) is 4.87. The number of carbonyl (C=O) groups excluding carboxylic acids is 1. The number of halogens is 1. The summed E-state index contributed by atoms with van der Waals surface area (Å²) in [6.45, 7) is 2.24. The van der Waals surface area contributed by atoms with Gasteiger partial charge in [-0.25, -0.2) is 17.9 Å². The Morgan fingerprint density at radius 3 is 2.65 bits per heavy atom. The van der Waals surface area contributed by atoms with Gasteiger partial charge in [0.15, 0.2) is 0 Å². The number of anilines is 1. The molecule has 0 aliphatic rings. The van der Waals surface area contributed by atoms with Crippen molar-refractivity contribution in [2.45, 2.75) is 18.2 Å². The number of hydrogen-bond donors (Lipinski definition) is 2. The van der Waals surface area contributed by atoms with Crippen LogP contribution in [-0.4, -0.2) is 28.0 Å². The van der Waals surface area contributed by atoms with Crippen LogP contribution in [0.4, 0.5) is 10.1 Å². The van der Waals surface area contributed by atoms with Crippen LogP contribution in [0.2, 0.25) is 0 Å². The summed E-state index contributed by atoms with van der Waals surface area (Å²) < 4.78 is 40.7. The molecule has 1 rings (SSSR count). The van der Waals surface area contributed by atoms with Gasteiger partial charge in [-0.2, -0.15) is 0 Å². The molecule has 20 heavy (non-hydrogen) atoms. The molecule has 0 aliphatic carbocycles. The molecule has 112 valence electrons. The molecule has 3 N–H and O–H groups in total. The molecule has 1 atom stereocenters. The fraction of sp³-hybridized carbons (Fsp3) is 0.417. The van der Waals surface area contributed by atoms with Crippen molar-refractivity contribution in [2.75, 3.05) is 19.0 Å². The molecule has 1 unspecified atom stereocenters. The van der Waals surface area contributed by atoms with Gasteiger partial charge in [0.25, 0.3) is 0 Å². The number of sulfonamides is 1. The average Bonchev–Trinajstić information content (AvgIpc) is 2.30. The Bertz CT molecular complexity index is 589. The third-order valence-corrected chi connectivity index (χ3v) is 3.44. The molecule has 0 aliphatic heterocycles. The van der Waals surface area contributed by atoms with E-state index in [2.05, 4.69) is 5.32 Å². The average molecular weight is 304 g/mol. The molecule has 0 heterocycles. The first kappa shape index (κ1) is 16.5. The van der Waals surface area contributed by atoms with Gasteiger partial charge in [-0.1, -0.05) is 6.92 Å². The lowest BCUT2D eigenvalue weighted by Crippen LogP contribution is -2.18. The molecule has 1 aromatic rings. The van der Waals surface area contributed by atoms with E-state index in [0.717, 1.165) is 18.2 Å². The quantitative estimate of drug-likeness (QED) is 0.821. The zero-order valence-corrected chi connectivity index (χ0v) is 12.0. The Labute approximate surface area is 117 Å².